The molecular weight excluding hydrogens is 225 g/mol. The first-order valence-corrected chi connectivity index (χ1v) is 5.24. The molecule has 2 N–H and O–H groups in total. The van der Waals surface area contributed by atoms with Gasteiger partial charge < -0.3 is 15.1 Å². The largest absolute Gasteiger partial charge is 0.507 e. The summed E-state index contributed by atoms with van der Waals surface area (Å²) in [6, 6.07) is 4.13. The van der Waals surface area contributed by atoms with Crippen LogP contribution in [-0.2, 0) is 0 Å². The number of amides is 1. The number of rotatable bonds is 1. The van der Waals surface area contributed by atoms with Gasteiger partial charge in [-0.25, -0.2) is 9.18 Å². The molecule has 1 amide bonds. The number of phenolic OH excluding ortho intramolecular Hbond substituents is 1. The summed E-state index contributed by atoms with van der Waals surface area (Å²) in [4.78, 5) is 11.9. The Balaban J connectivity index is 2.28. The van der Waals surface area contributed by atoms with Crippen molar-refractivity contribution < 1.29 is 19.4 Å². The van der Waals surface area contributed by atoms with Gasteiger partial charge in [-0.05, 0) is 24.1 Å². The van der Waals surface area contributed by atoms with Gasteiger partial charge in [0.25, 0.3) is 0 Å². The Morgan fingerprint density at radius 1 is 1.41 bits per heavy atom. The van der Waals surface area contributed by atoms with Crippen LogP contribution in [0.2, 0.25) is 0 Å². The van der Waals surface area contributed by atoms with Crippen molar-refractivity contribution in [3.63, 3.8) is 0 Å². The Hall–Kier alpha value is -2.04. The van der Waals surface area contributed by atoms with Crippen LogP contribution < -0.4 is 0 Å². The minimum Gasteiger partial charge on any atom is -0.507 e. The van der Waals surface area contributed by atoms with E-state index in [1.165, 1.54) is 23.1 Å². The van der Waals surface area contributed by atoms with E-state index in [1.807, 2.05) is 0 Å². The van der Waals surface area contributed by atoms with Crippen LogP contribution in [0.4, 0.5) is 9.18 Å². The maximum atomic E-state index is 13.6. The molecule has 0 saturated heterocycles. The second-order valence-corrected chi connectivity index (χ2v) is 3.84. The van der Waals surface area contributed by atoms with Gasteiger partial charge in [-0.15, -0.1) is 0 Å². The van der Waals surface area contributed by atoms with E-state index >= 15 is 0 Å². The molecule has 5 heteroatoms. The third kappa shape index (κ3) is 2.22. The molecule has 1 aromatic carbocycles. The second kappa shape index (κ2) is 4.45. The van der Waals surface area contributed by atoms with Crippen molar-refractivity contribution in [1.82, 2.24) is 4.90 Å². The minimum absolute atomic E-state index is 0.111. The monoisotopic (exact) mass is 237 g/mol. The lowest BCUT2D eigenvalue weighted by Crippen LogP contribution is -2.33. The fourth-order valence-corrected chi connectivity index (χ4v) is 1.90. The normalized spacial score (nSPS) is 15.6. The van der Waals surface area contributed by atoms with E-state index in [1.54, 1.807) is 6.08 Å². The van der Waals surface area contributed by atoms with Crippen molar-refractivity contribution >= 4 is 11.7 Å². The molecule has 17 heavy (non-hydrogen) atoms. The van der Waals surface area contributed by atoms with Crippen LogP contribution in [0.3, 0.4) is 0 Å². The van der Waals surface area contributed by atoms with E-state index in [0.717, 1.165) is 0 Å². The molecule has 1 aliphatic heterocycles. The van der Waals surface area contributed by atoms with Gasteiger partial charge in [0.2, 0.25) is 0 Å². The van der Waals surface area contributed by atoms with Crippen LogP contribution in [0, 0.1) is 5.82 Å². The van der Waals surface area contributed by atoms with E-state index in [2.05, 4.69) is 0 Å². The molecule has 0 spiro atoms. The van der Waals surface area contributed by atoms with E-state index in [4.69, 9.17) is 5.11 Å². The quantitative estimate of drug-likeness (QED) is 0.787. The predicted octanol–water partition coefficient (Wildman–Crippen LogP) is 2.30. The Morgan fingerprint density at radius 2 is 2.18 bits per heavy atom. The van der Waals surface area contributed by atoms with E-state index in [0.29, 0.717) is 18.5 Å². The number of benzene rings is 1. The second-order valence-electron chi connectivity index (χ2n) is 3.84. The molecule has 2 rings (SSSR count). The van der Waals surface area contributed by atoms with Gasteiger partial charge in [-0.3, -0.25) is 0 Å². The minimum atomic E-state index is -0.988. The van der Waals surface area contributed by atoms with Crippen molar-refractivity contribution in [2.24, 2.45) is 0 Å². The SMILES string of the molecule is O=C(O)N1CC=C(c2c(O)cccc2F)CC1. The van der Waals surface area contributed by atoms with Crippen molar-refractivity contribution in [2.45, 2.75) is 6.42 Å². The highest BCUT2D eigenvalue weighted by Gasteiger charge is 2.20. The summed E-state index contributed by atoms with van der Waals surface area (Å²) in [5.41, 5.74) is 0.829. The van der Waals surface area contributed by atoms with Gasteiger partial charge in [-0.1, -0.05) is 12.1 Å². The van der Waals surface area contributed by atoms with Gasteiger partial charge in [0.05, 0.1) is 5.56 Å². The first kappa shape index (κ1) is 11.4. The first-order chi connectivity index (χ1) is 8.09. The maximum Gasteiger partial charge on any atom is 0.407 e. The summed E-state index contributed by atoms with van der Waals surface area (Å²) in [6.45, 7) is 0.535. The van der Waals surface area contributed by atoms with Crippen LogP contribution in [0.1, 0.15) is 12.0 Å². The maximum absolute atomic E-state index is 13.6. The molecule has 0 saturated carbocycles. The Morgan fingerprint density at radius 3 is 2.71 bits per heavy atom. The van der Waals surface area contributed by atoms with E-state index < -0.39 is 11.9 Å². The van der Waals surface area contributed by atoms with Gasteiger partial charge in [-0.2, -0.15) is 0 Å². The topological polar surface area (TPSA) is 60.8 Å². The molecule has 0 aliphatic carbocycles. The number of hydrogen-bond acceptors (Lipinski definition) is 2. The molecular formula is C12H12FNO3. The van der Waals surface area contributed by atoms with Crippen LogP contribution in [-0.4, -0.2) is 34.3 Å². The molecule has 4 nitrogen and oxygen atoms in total. The number of phenols is 1. The Kier molecular flexibility index (Phi) is 2.99. The molecule has 0 unspecified atom stereocenters. The number of nitrogens with zero attached hydrogens (tertiary/aromatic N) is 1. The molecule has 0 bridgehead atoms. The fourth-order valence-electron chi connectivity index (χ4n) is 1.90. The molecule has 0 atom stereocenters. The third-order valence-corrected chi connectivity index (χ3v) is 2.79. The summed E-state index contributed by atoms with van der Waals surface area (Å²) < 4.78 is 13.6. The zero-order chi connectivity index (χ0) is 12.4. The van der Waals surface area contributed by atoms with Gasteiger partial charge >= 0.3 is 6.09 Å². The van der Waals surface area contributed by atoms with Crippen LogP contribution in [0.5, 0.6) is 5.75 Å². The Bertz CT molecular complexity index is 464. The summed E-state index contributed by atoms with van der Waals surface area (Å²) in [5, 5.41) is 18.4. The highest BCUT2D eigenvalue weighted by atomic mass is 19.1. The van der Waals surface area contributed by atoms with E-state index in [9.17, 15) is 14.3 Å². The number of halogens is 1. The fraction of sp³-hybridized carbons (Fsp3) is 0.250. The summed E-state index contributed by atoms with van der Waals surface area (Å²) >= 11 is 0. The average molecular weight is 237 g/mol. The van der Waals surface area contributed by atoms with Gasteiger partial charge in [0, 0.05) is 13.1 Å². The van der Waals surface area contributed by atoms with Crippen LogP contribution >= 0.6 is 0 Å². The number of hydrogen-bond donors (Lipinski definition) is 2. The van der Waals surface area contributed by atoms with Crippen molar-refractivity contribution in [1.29, 1.82) is 0 Å². The number of aromatic hydroxyl groups is 1. The molecule has 0 aromatic heterocycles. The third-order valence-electron chi connectivity index (χ3n) is 2.79. The lowest BCUT2D eigenvalue weighted by Gasteiger charge is -2.24. The van der Waals surface area contributed by atoms with Crippen molar-refractivity contribution in [2.75, 3.05) is 13.1 Å². The molecule has 1 heterocycles. The summed E-state index contributed by atoms with van der Waals surface area (Å²) in [7, 11) is 0. The summed E-state index contributed by atoms with van der Waals surface area (Å²) in [6.07, 6.45) is 1.05. The molecule has 1 aliphatic rings. The molecule has 0 radical (unpaired) electrons. The highest BCUT2D eigenvalue weighted by Crippen LogP contribution is 2.31. The summed E-state index contributed by atoms with van der Waals surface area (Å²) in [5.74, 6) is -0.597. The number of carboxylic acid groups (broad SMARTS) is 1. The lowest BCUT2D eigenvalue weighted by atomic mass is 9.98. The van der Waals surface area contributed by atoms with Crippen molar-refractivity contribution in [3.8, 4) is 5.75 Å². The molecule has 1 aromatic rings. The van der Waals surface area contributed by atoms with E-state index in [-0.39, 0.29) is 17.9 Å². The molecule has 0 fully saturated rings. The number of carbonyl (C=O) groups is 1. The zero-order valence-electron chi connectivity index (χ0n) is 9.06. The molecule has 90 valence electrons. The predicted molar refractivity (Wildman–Crippen MR) is 60.3 cm³/mol. The standard InChI is InChI=1S/C12H12FNO3/c13-9-2-1-3-10(15)11(9)8-4-6-14(7-5-8)12(16)17/h1-4,15H,5-7H2,(H,16,17). The van der Waals surface area contributed by atoms with Crippen LogP contribution in [0.25, 0.3) is 5.57 Å². The zero-order valence-corrected chi connectivity index (χ0v) is 9.06. The smallest absolute Gasteiger partial charge is 0.407 e. The van der Waals surface area contributed by atoms with Crippen LogP contribution in [0.15, 0.2) is 24.3 Å². The van der Waals surface area contributed by atoms with Crippen molar-refractivity contribution in [3.05, 3.63) is 35.7 Å². The lowest BCUT2D eigenvalue weighted by molar-refractivity contribution is 0.150. The van der Waals surface area contributed by atoms with Gasteiger partial charge in [0.15, 0.2) is 0 Å². The highest BCUT2D eigenvalue weighted by molar-refractivity contribution is 5.74. The van der Waals surface area contributed by atoms with Gasteiger partial charge in [0.1, 0.15) is 11.6 Å². The first-order valence-electron chi connectivity index (χ1n) is 5.24. The average Bonchev–Trinajstić information content (AvgIpc) is 2.29. The Labute approximate surface area is 97.6 Å².